The Morgan fingerprint density at radius 3 is 1.59 bits per heavy atom. The zero-order chi connectivity index (χ0) is 55.2. The molecular formula is C56H96N10O9. The van der Waals surface area contributed by atoms with Gasteiger partial charge in [0.25, 0.3) is 0 Å². The summed E-state index contributed by atoms with van der Waals surface area (Å²) in [6.45, 7) is 1.77. The maximum Gasteiger partial charge on any atom is 0.224 e. The van der Waals surface area contributed by atoms with Gasteiger partial charge in [-0.2, -0.15) is 0 Å². The van der Waals surface area contributed by atoms with E-state index in [-0.39, 0.29) is 55.7 Å². The fraction of sp³-hybridized carbons (Fsp3) is 0.714. The standard InChI is InChI=1S/C56H96N10O9/c1-3-4-5-6-7-8-9-10-11-12-13-14-15-29-52(72)64-46(28-19-22-31-58)49(69)35-41(24-18-21-30-57)54(74)65-48(39-68)51(71)36-42(33-43-37-63-45-27-17-16-26-44(43)45)55(75)66-47(38-67)50(70)34-40(53(73)61-2)25-20-23-32-62-56(59)60/h16-17,26-27,37,40-42,46-48,63,67-68H,3-15,18-25,28-36,38-39,57-58H2,1-2H3,(H,61,73)(H,64,72)(H,65,74)(H,66,75)(H4,59,60,62)/t40-,41-,42-,46+,47+,48+/m1/s1. The molecule has 0 saturated heterocycles. The lowest BCUT2D eigenvalue weighted by molar-refractivity contribution is -0.136. The molecule has 1 heterocycles. The predicted molar refractivity (Wildman–Crippen MR) is 296 cm³/mol. The van der Waals surface area contributed by atoms with Gasteiger partial charge in [0, 0.05) is 74.1 Å². The third-order valence-corrected chi connectivity index (χ3v) is 14.1. The number of carbonyl (C=O) groups excluding carboxylic acids is 7. The second kappa shape index (κ2) is 40.1. The number of para-hydroxylation sites is 1. The van der Waals surface area contributed by atoms with E-state index < -0.39 is 78.9 Å². The van der Waals surface area contributed by atoms with Gasteiger partial charge in [-0.3, -0.25) is 38.6 Å². The van der Waals surface area contributed by atoms with Gasteiger partial charge in [0.15, 0.2) is 23.3 Å². The molecule has 424 valence electrons. The van der Waals surface area contributed by atoms with Crippen LogP contribution in [0.4, 0.5) is 0 Å². The van der Waals surface area contributed by atoms with Gasteiger partial charge < -0.3 is 59.4 Å². The number of hydrogen-bond acceptors (Lipinski definition) is 12. The molecule has 4 amide bonds. The Balaban J connectivity index is 2.19. The maximum absolute atomic E-state index is 14.2. The zero-order valence-corrected chi connectivity index (χ0v) is 45.5. The molecule has 2 aromatic rings. The minimum atomic E-state index is -1.46. The minimum Gasteiger partial charge on any atom is -0.394 e. The third-order valence-electron chi connectivity index (χ3n) is 14.1. The molecule has 0 fully saturated rings. The van der Waals surface area contributed by atoms with Crippen molar-refractivity contribution < 1.29 is 43.8 Å². The van der Waals surface area contributed by atoms with Crippen LogP contribution in [0.3, 0.4) is 0 Å². The summed E-state index contributed by atoms with van der Waals surface area (Å²) in [6.07, 6.45) is 20.7. The molecule has 1 aromatic heterocycles. The Hall–Kier alpha value is -5.24. The Labute approximate surface area is 446 Å². The number of H-pyrrole nitrogens is 1. The lowest BCUT2D eigenvalue weighted by Gasteiger charge is -2.25. The van der Waals surface area contributed by atoms with E-state index in [4.69, 9.17) is 22.9 Å². The molecule has 0 saturated carbocycles. The van der Waals surface area contributed by atoms with Gasteiger partial charge in [0.1, 0.15) is 12.1 Å². The molecule has 0 aliphatic carbocycles. The van der Waals surface area contributed by atoms with Crippen LogP contribution in [0.15, 0.2) is 35.5 Å². The van der Waals surface area contributed by atoms with Crippen LogP contribution < -0.4 is 44.2 Å². The Morgan fingerprint density at radius 2 is 1.05 bits per heavy atom. The number of fused-ring (bicyclic) bond motifs is 1. The Morgan fingerprint density at radius 1 is 0.573 bits per heavy atom. The quantitative estimate of drug-likeness (QED) is 0.0241. The highest BCUT2D eigenvalue weighted by Crippen LogP contribution is 2.25. The Bertz CT molecular complexity index is 2010. The molecule has 0 radical (unpaired) electrons. The van der Waals surface area contributed by atoms with Crippen LogP contribution in [0.25, 0.3) is 10.9 Å². The fourth-order valence-electron chi connectivity index (χ4n) is 9.49. The topological polar surface area (TPSA) is 340 Å². The summed E-state index contributed by atoms with van der Waals surface area (Å²) < 4.78 is 0. The van der Waals surface area contributed by atoms with E-state index in [9.17, 15) is 43.8 Å². The van der Waals surface area contributed by atoms with Crippen molar-refractivity contribution in [1.82, 2.24) is 26.3 Å². The van der Waals surface area contributed by atoms with Crippen molar-refractivity contribution in [3.63, 3.8) is 0 Å². The summed E-state index contributed by atoms with van der Waals surface area (Å²) in [4.78, 5) is 103. The number of aliphatic hydroxyl groups excluding tert-OH is 2. The normalized spacial score (nSPS) is 13.7. The van der Waals surface area contributed by atoms with Crippen molar-refractivity contribution in [2.45, 2.75) is 198 Å². The maximum atomic E-state index is 14.2. The number of aliphatic hydroxyl groups is 2. The summed E-state index contributed by atoms with van der Waals surface area (Å²) in [5, 5.41) is 32.5. The molecule has 0 spiro atoms. The average Bonchev–Trinajstić information content (AvgIpc) is 3.81. The van der Waals surface area contributed by atoms with E-state index in [1.807, 2.05) is 24.3 Å². The summed E-state index contributed by atoms with van der Waals surface area (Å²) in [5.74, 6) is -6.45. The van der Waals surface area contributed by atoms with E-state index in [0.717, 1.165) is 30.2 Å². The van der Waals surface area contributed by atoms with Crippen molar-refractivity contribution in [1.29, 1.82) is 0 Å². The van der Waals surface area contributed by atoms with E-state index >= 15 is 0 Å². The number of aliphatic imine (C=N–C) groups is 1. The minimum absolute atomic E-state index is 0.00349. The molecule has 0 aliphatic rings. The van der Waals surface area contributed by atoms with Crippen LogP contribution in [-0.4, -0.2) is 120 Å². The van der Waals surface area contributed by atoms with Crippen molar-refractivity contribution in [3.05, 3.63) is 36.0 Å². The van der Waals surface area contributed by atoms with Crippen molar-refractivity contribution in [2.75, 3.05) is 39.9 Å². The van der Waals surface area contributed by atoms with E-state index in [1.54, 1.807) is 6.20 Å². The molecule has 19 heteroatoms. The number of nitrogens with two attached hydrogens (primary N) is 4. The predicted octanol–water partition coefficient (Wildman–Crippen LogP) is 4.80. The summed E-state index contributed by atoms with van der Waals surface area (Å²) in [6, 6.07) is 3.68. The molecule has 0 aliphatic heterocycles. The van der Waals surface area contributed by atoms with Crippen LogP contribution in [0.5, 0.6) is 0 Å². The monoisotopic (exact) mass is 1050 g/mol. The van der Waals surface area contributed by atoms with Crippen LogP contribution in [0, 0.1) is 17.8 Å². The smallest absolute Gasteiger partial charge is 0.224 e. The molecule has 0 bridgehead atoms. The largest absolute Gasteiger partial charge is 0.394 e. The molecule has 1 aromatic carbocycles. The van der Waals surface area contributed by atoms with E-state index in [1.165, 1.54) is 64.8 Å². The number of unbranched alkanes of at least 4 members (excludes halogenated alkanes) is 15. The highest BCUT2D eigenvalue weighted by molar-refractivity contribution is 5.97. The number of amides is 4. The van der Waals surface area contributed by atoms with Crippen LogP contribution >= 0.6 is 0 Å². The molecular weight excluding hydrogens is 957 g/mol. The van der Waals surface area contributed by atoms with Crippen molar-refractivity contribution in [3.8, 4) is 0 Å². The van der Waals surface area contributed by atoms with Gasteiger partial charge in [0.05, 0.1) is 19.3 Å². The number of hydrogen-bond donors (Lipinski definition) is 11. The van der Waals surface area contributed by atoms with Gasteiger partial charge in [0.2, 0.25) is 23.6 Å². The fourth-order valence-corrected chi connectivity index (χ4v) is 9.49. The highest BCUT2D eigenvalue weighted by Gasteiger charge is 2.34. The highest BCUT2D eigenvalue weighted by atomic mass is 16.3. The van der Waals surface area contributed by atoms with Crippen LogP contribution in [-0.2, 0) is 40.0 Å². The van der Waals surface area contributed by atoms with Crippen molar-refractivity contribution in [2.24, 2.45) is 45.7 Å². The zero-order valence-electron chi connectivity index (χ0n) is 45.5. The summed E-state index contributed by atoms with van der Waals surface area (Å²) >= 11 is 0. The van der Waals surface area contributed by atoms with Gasteiger partial charge in [-0.25, -0.2) is 0 Å². The number of Topliss-reactive ketones (excluding diaryl/α,β-unsaturated/α-hetero) is 3. The van der Waals surface area contributed by atoms with Gasteiger partial charge in [-0.15, -0.1) is 0 Å². The van der Waals surface area contributed by atoms with Gasteiger partial charge in [-0.05, 0) is 82.5 Å². The molecule has 19 nitrogen and oxygen atoms in total. The third kappa shape index (κ3) is 27.4. The average molecular weight is 1050 g/mol. The number of guanidine groups is 1. The number of benzene rings is 1. The summed E-state index contributed by atoms with van der Waals surface area (Å²) in [5.41, 5.74) is 23.9. The Kier molecular flexibility index (Phi) is 35.2. The SMILES string of the molecule is CCCCCCCCCCCCCCCC(=O)N[C@@H](CCCCN)C(=O)C[C@@H](CCCCN)C(=O)N[C@@H](CO)C(=O)C[C@@H](Cc1c[nH]c2ccccc12)C(=O)N[C@@H](CO)C(=O)C[C@@H](CCCCN=C(N)N)C(=O)NC. The summed E-state index contributed by atoms with van der Waals surface area (Å²) in [7, 11) is 1.45. The first-order valence-electron chi connectivity index (χ1n) is 28.1. The molecule has 15 N–H and O–H groups in total. The number of ketones is 3. The number of nitrogens with one attached hydrogen (secondary N) is 5. The second-order valence-corrected chi connectivity index (χ2v) is 20.3. The first-order valence-corrected chi connectivity index (χ1v) is 28.1. The van der Waals surface area contributed by atoms with Gasteiger partial charge in [-0.1, -0.05) is 115 Å². The van der Waals surface area contributed by atoms with Crippen molar-refractivity contribution >= 4 is 57.8 Å². The van der Waals surface area contributed by atoms with E-state index in [2.05, 4.69) is 38.2 Å². The van der Waals surface area contributed by atoms with Crippen LogP contribution in [0.2, 0.25) is 0 Å². The first-order chi connectivity index (χ1) is 36.2. The second-order valence-electron chi connectivity index (χ2n) is 20.3. The molecule has 0 unspecified atom stereocenters. The van der Waals surface area contributed by atoms with Crippen LogP contribution in [0.1, 0.15) is 179 Å². The molecule has 2 rings (SSSR count). The lowest BCUT2D eigenvalue weighted by Crippen LogP contribution is -2.50. The molecule has 6 atom stereocenters. The van der Waals surface area contributed by atoms with Gasteiger partial charge >= 0.3 is 0 Å². The number of aromatic nitrogens is 1. The van der Waals surface area contributed by atoms with E-state index in [0.29, 0.717) is 83.0 Å². The number of aromatic amines is 1. The number of rotatable bonds is 46. The number of carbonyl (C=O) groups is 7. The number of nitrogens with zero attached hydrogens (tertiary/aromatic N) is 1. The molecule has 75 heavy (non-hydrogen) atoms. The first kappa shape index (κ1) is 65.9. The lowest BCUT2D eigenvalue weighted by atomic mass is 9.89.